The molecular formula is C24H28N7O+. The average molecular weight is 431 g/mol. The smallest absolute Gasteiger partial charge is 0.304 e. The number of fused-ring (bicyclic) bond motifs is 1. The standard InChI is InChI=1S/C24H27N7O/c1-15-12-18(13-16(2)26-15)20-21(17-8-5-4-6-9-17)27-23(25)30-22(20)28-31(24(30)32)19-10-7-11-29(3)14-19/h4-6,8-9,12-13,19H,7,10-11,14H2,1-3H3,(H2,25,27)/p+1. The van der Waals surface area contributed by atoms with Crippen LogP contribution in [0.15, 0.2) is 47.3 Å². The lowest BCUT2D eigenvalue weighted by atomic mass is 9.99. The number of aromatic nitrogens is 5. The van der Waals surface area contributed by atoms with Crippen LogP contribution in [0.2, 0.25) is 0 Å². The summed E-state index contributed by atoms with van der Waals surface area (Å²) in [5.74, 6) is 0.269. The van der Waals surface area contributed by atoms with Crippen LogP contribution < -0.4 is 16.4 Å². The molecule has 8 nitrogen and oxygen atoms in total. The topological polar surface area (TPSA) is 95.6 Å². The van der Waals surface area contributed by atoms with E-state index in [1.165, 1.54) is 4.40 Å². The highest BCUT2D eigenvalue weighted by atomic mass is 16.2. The molecule has 1 atom stereocenters. The van der Waals surface area contributed by atoms with Crippen LogP contribution in [0.3, 0.4) is 0 Å². The van der Waals surface area contributed by atoms with Gasteiger partial charge >= 0.3 is 11.6 Å². The van der Waals surface area contributed by atoms with E-state index < -0.39 is 0 Å². The van der Waals surface area contributed by atoms with Crippen LogP contribution in [0.1, 0.15) is 30.3 Å². The Morgan fingerprint density at radius 2 is 1.81 bits per heavy atom. The van der Waals surface area contributed by atoms with Gasteiger partial charge in [0.1, 0.15) is 5.69 Å². The molecule has 0 bridgehead atoms. The molecule has 0 aliphatic carbocycles. The zero-order valence-electron chi connectivity index (χ0n) is 18.7. The summed E-state index contributed by atoms with van der Waals surface area (Å²) >= 11 is 0. The van der Waals surface area contributed by atoms with Gasteiger partial charge in [-0.25, -0.2) is 9.78 Å². The number of hydrogen-bond donors (Lipinski definition) is 1. The molecule has 8 heteroatoms. The maximum absolute atomic E-state index is 13.5. The summed E-state index contributed by atoms with van der Waals surface area (Å²) < 4.78 is 3.12. The fourth-order valence-corrected chi connectivity index (χ4v) is 4.77. The molecule has 0 spiro atoms. The Morgan fingerprint density at radius 3 is 2.50 bits per heavy atom. The number of rotatable bonds is 3. The maximum atomic E-state index is 13.5. The van der Waals surface area contributed by atoms with Gasteiger partial charge in [-0.15, -0.1) is 9.50 Å². The first kappa shape index (κ1) is 20.4. The molecule has 0 saturated carbocycles. The number of hydrogen-bond acceptors (Lipinski definition) is 5. The summed E-state index contributed by atoms with van der Waals surface area (Å²) in [6, 6.07) is 14.1. The van der Waals surface area contributed by atoms with E-state index in [9.17, 15) is 4.79 Å². The Balaban J connectivity index is 1.84. The minimum atomic E-state index is -0.211. The highest BCUT2D eigenvalue weighted by molar-refractivity contribution is 5.88. The number of piperidine rings is 1. The number of nitrogen functional groups attached to an aromatic ring is 1. The third-order valence-corrected chi connectivity index (χ3v) is 6.15. The molecule has 4 aromatic rings. The van der Waals surface area contributed by atoms with Crippen molar-refractivity contribution >= 4 is 11.6 Å². The Bertz CT molecular complexity index is 1340. The first-order valence-corrected chi connectivity index (χ1v) is 11.0. The summed E-state index contributed by atoms with van der Waals surface area (Å²) in [7, 11) is 2.08. The first-order chi connectivity index (χ1) is 15.4. The average Bonchev–Trinajstić information content (AvgIpc) is 3.11. The molecule has 1 aromatic carbocycles. The number of pyridine rings is 1. The second-order valence-corrected chi connectivity index (χ2v) is 8.71. The van der Waals surface area contributed by atoms with E-state index in [2.05, 4.69) is 21.9 Å². The van der Waals surface area contributed by atoms with Gasteiger partial charge in [0.25, 0.3) is 0 Å². The summed E-state index contributed by atoms with van der Waals surface area (Å²) in [5, 5.41) is 4.87. The minimum Gasteiger partial charge on any atom is -0.304 e. The molecule has 1 aliphatic rings. The molecular weight excluding hydrogens is 402 g/mol. The van der Waals surface area contributed by atoms with Crippen LogP contribution in [0.5, 0.6) is 0 Å². The molecule has 3 aromatic heterocycles. The number of nitrogens with two attached hydrogens (primary N) is 1. The molecule has 1 aliphatic heterocycles. The Morgan fingerprint density at radius 1 is 1.09 bits per heavy atom. The van der Waals surface area contributed by atoms with Crippen molar-refractivity contribution in [2.75, 3.05) is 25.9 Å². The van der Waals surface area contributed by atoms with Crippen LogP contribution in [-0.4, -0.2) is 44.2 Å². The molecule has 164 valence electrons. The van der Waals surface area contributed by atoms with E-state index in [-0.39, 0.29) is 17.7 Å². The van der Waals surface area contributed by atoms with Gasteiger partial charge < -0.3 is 4.90 Å². The molecule has 4 heterocycles. The molecule has 1 saturated heterocycles. The molecule has 0 radical (unpaired) electrons. The van der Waals surface area contributed by atoms with Crippen LogP contribution in [0.25, 0.3) is 28.0 Å². The molecule has 1 unspecified atom stereocenters. The lowest BCUT2D eigenvalue weighted by molar-refractivity contribution is -0.351. The fourth-order valence-electron chi connectivity index (χ4n) is 4.77. The number of likely N-dealkylation sites (tertiary alicyclic amines) is 1. The fraction of sp³-hybridized carbons (Fsp3) is 0.333. The number of likely N-dealkylation sites (N-methyl/N-ethyl adjacent to an activating group) is 1. The zero-order chi connectivity index (χ0) is 22.4. The Hall–Kier alpha value is -3.52. The van der Waals surface area contributed by atoms with E-state index in [1.807, 2.05) is 56.3 Å². The Kier molecular flexibility index (Phi) is 5.01. The molecule has 0 amide bonds. The summed E-state index contributed by atoms with van der Waals surface area (Å²) in [6.45, 7) is 5.77. The van der Waals surface area contributed by atoms with Crippen molar-refractivity contribution in [1.29, 1.82) is 0 Å². The highest BCUT2D eigenvalue weighted by Gasteiger charge is 2.29. The number of anilines is 1. The number of benzene rings is 1. The van der Waals surface area contributed by atoms with Crippen molar-refractivity contribution < 1.29 is 4.98 Å². The van der Waals surface area contributed by atoms with E-state index >= 15 is 0 Å². The second kappa shape index (κ2) is 7.87. The van der Waals surface area contributed by atoms with Crippen LogP contribution in [0.4, 0.5) is 5.95 Å². The summed E-state index contributed by atoms with van der Waals surface area (Å²) in [6.07, 6.45) is 1.96. The van der Waals surface area contributed by atoms with Crippen LogP contribution in [0, 0.1) is 13.8 Å². The van der Waals surface area contributed by atoms with Gasteiger partial charge in [0.15, 0.2) is 0 Å². The van der Waals surface area contributed by atoms with Gasteiger partial charge in [-0.05, 0) is 58.0 Å². The highest BCUT2D eigenvalue weighted by Crippen LogP contribution is 2.33. The lowest BCUT2D eigenvalue weighted by Crippen LogP contribution is -2.38. The Labute approximate surface area is 186 Å². The van der Waals surface area contributed by atoms with Crippen molar-refractivity contribution in [3.63, 3.8) is 0 Å². The third-order valence-electron chi connectivity index (χ3n) is 6.15. The van der Waals surface area contributed by atoms with Crippen LogP contribution >= 0.6 is 0 Å². The first-order valence-electron chi connectivity index (χ1n) is 11.0. The second-order valence-electron chi connectivity index (χ2n) is 8.71. The normalized spacial score (nSPS) is 17.2. The molecule has 32 heavy (non-hydrogen) atoms. The quantitative estimate of drug-likeness (QED) is 0.539. The predicted octanol–water partition coefficient (Wildman–Crippen LogP) is 2.50. The third kappa shape index (κ3) is 3.46. The van der Waals surface area contributed by atoms with E-state index in [4.69, 9.17) is 10.8 Å². The SMILES string of the molecule is Cc1cc(-c2c(-c3ccccc3)[nH+]c(N)n3c(=O)n(C4CCCN(C)C4)nc23)cc(C)n1. The van der Waals surface area contributed by atoms with Gasteiger partial charge in [-0.2, -0.15) is 4.68 Å². The number of H-pyrrole nitrogens is 1. The van der Waals surface area contributed by atoms with Crippen molar-refractivity contribution in [2.45, 2.75) is 32.7 Å². The number of aromatic amines is 1. The maximum Gasteiger partial charge on any atom is 0.411 e. The summed E-state index contributed by atoms with van der Waals surface area (Å²) in [5.41, 5.74) is 12.2. The molecule has 3 N–H and O–H groups in total. The van der Waals surface area contributed by atoms with Crippen molar-refractivity contribution in [3.8, 4) is 22.4 Å². The summed E-state index contributed by atoms with van der Waals surface area (Å²) in [4.78, 5) is 23.5. The molecule has 1 fully saturated rings. The van der Waals surface area contributed by atoms with Gasteiger partial charge in [-0.3, -0.25) is 10.7 Å². The van der Waals surface area contributed by atoms with Crippen molar-refractivity contribution in [2.24, 2.45) is 0 Å². The monoisotopic (exact) mass is 430 g/mol. The minimum absolute atomic E-state index is 0.0227. The number of nitrogens with one attached hydrogen (secondary N) is 1. The zero-order valence-corrected chi connectivity index (χ0v) is 18.7. The lowest BCUT2D eigenvalue weighted by Gasteiger charge is -2.28. The van der Waals surface area contributed by atoms with Gasteiger partial charge in [0.05, 0.1) is 11.6 Å². The molecule has 5 rings (SSSR count). The predicted molar refractivity (Wildman–Crippen MR) is 124 cm³/mol. The largest absolute Gasteiger partial charge is 0.411 e. The van der Waals surface area contributed by atoms with E-state index in [1.54, 1.807) is 4.68 Å². The van der Waals surface area contributed by atoms with Gasteiger partial charge in [0.2, 0.25) is 5.65 Å². The van der Waals surface area contributed by atoms with Crippen molar-refractivity contribution in [3.05, 3.63) is 64.3 Å². The number of aryl methyl sites for hydroxylation is 2. The van der Waals surface area contributed by atoms with E-state index in [0.717, 1.165) is 59.7 Å². The van der Waals surface area contributed by atoms with E-state index in [0.29, 0.717) is 5.65 Å². The van der Waals surface area contributed by atoms with Gasteiger partial charge in [-0.1, -0.05) is 30.3 Å². The van der Waals surface area contributed by atoms with Crippen molar-refractivity contribution in [1.82, 2.24) is 24.1 Å². The number of nitrogens with zero attached hydrogens (tertiary/aromatic N) is 5. The van der Waals surface area contributed by atoms with Gasteiger partial charge in [0, 0.05) is 23.5 Å². The van der Waals surface area contributed by atoms with Crippen LogP contribution in [-0.2, 0) is 0 Å².